The van der Waals surface area contributed by atoms with Crippen molar-refractivity contribution in [3.05, 3.63) is 62.8 Å². The lowest BCUT2D eigenvalue weighted by Crippen LogP contribution is -2.42. The van der Waals surface area contributed by atoms with Crippen LogP contribution in [0, 0.1) is 0 Å². The minimum Gasteiger partial charge on any atom is -0.476 e. The van der Waals surface area contributed by atoms with Crippen LogP contribution in [0.1, 0.15) is 85.1 Å². The van der Waals surface area contributed by atoms with Gasteiger partial charge in [-0.15, -0.1) is 5.10 Å². The summed E-state index contributed by atoms with van der Waals surface area (Å²) in [5.41, 5.74) is -0.991. The molecule has 2 rings (SSSR count). The maximum atomic E-state index is 13.1. The van der Waals surface area contributed by atoms with E-state index >= 15 is 0 Å². The number of hydrogen-bond acceptors (Lipinski definition) is 9. The van der Waals surface area contributed by atoms with Crippen molar-refractivity contribution in [2.45, 2.75) is 105 Å². The van der Waals surface area contributed by atoms with E-state index in [-0.39, 0.29) is 25.6 Å². The third-order valence-electron chi connectivity index (χ3n) is 6.65. The van der Waals surface area contributed by atoms with Gasteiger partial charge in [-0.2, -0.15) is 0 Å². The van der Waals surface area contributed by atoms with Crippen molar-refractivity contribution in [2.24, 2.45) is 0 Å². The predicted octanol–water partition coefficient (Wildman–Crippen LogP) is 4.65. The van der Waals surface area contributed by atoms with Gasteiger partial charge in [-0.25, -0.2) is 19.1 Å². The standard InChI is InChI=1S/C32H48N4O7/c1-6-9-10-11-14-22-35-29(38)28(34-36(31(35)40)23-16-20-27(37)41-7-2)33-21-13-12-17-25-18-15-19-26(24-25)43-32(4,5)30(39)42-8-3/h15-16,18-20,24H,6-14,17,21-23H2,1-5H3,(H,33,34). The summed E-state index contributed by atoms with van der Waals surface area (Å²) in [6.45, 7) is 10.3. The van der Waals surface area contributed by atoms with Crippen LogP contribution >= 0.6 is 0 Å². The summed E-state index contributed by atoms with van der Waals surface area (Å²) in [4.78, 5) is 50.0. The average Bonchev–Trinajstić information content (AvgIpc) is 2.96. The number of hydrogen-bond donors (Lipinski definition) is 1. The first-order valence-electron chi connectivity index (χ1n) is 15.4. The van der Waals surface area contributed by atoms with Crippen LogP contribution in [0.4, 0.5) is 5.82 Å². The van der Waals surface area contributed by atoms with E-state index in [2.05, 4.69) is 17.3 Å². The lowest BCUT2D eigenvalue weighted by molar-refractivity contribution is -0.158. The van der Waals surface area contributed by atoms with Gasteiger partial charge in [-0.3, -0.25) is 9.36 Å². The first-order valence-corrected chi connectivity index (χ1v) is 15.4. The van der Waals surface area contributed by atoms with Crippen LogP contribution in [-0.2, 0) is 38.6 Å². The maximum Gasteiger partial charge on any atom is 0.349 e. The Balaban J connectivity index is 2.03. The molecule has 0 fully saturated rings. The first-order chi connectivity index (χ1) is 20.6. The lowest BCUT2D eigenvalue weighted by Gasteiger charge is -2.24. The molecule has 238 valence electrons. The van der Waals surface area contributed by atoms with Crippen molar-refractivity contribution in [3.63, 3.8) is 0 Å². The van der Waals surface area contributed by atoms with Gasteiger partial charge in [0.1, 0.15) is 5.75 Å². The zero-order valence-corrected chi connectivity index (χ0v) is 26.4. The molecule has 0 aliphatic carbocycles. The van der Waals surface area contributed by atoms with Crippen LogP contribution in [-0.4, -0.2) is 51.6 Å². The number of benzene rings is 1. The van der Waals surface area contributed by atoms with Crippen LogP contribution in [0.3, 0.4) is 0 Å². The number of esters is 2. The van der Waals surface area contributed by atoms with Crippen LogP contribution in [0.2, 0.25) is 0 Å². The molecule has 1 aromatic heterocycles. The molecule has 0 amide bonds. The second-order valence-electron chi connectivity index (χ2n) is 10.7. The van der Waals surface area contributed by atoms with E-state index in [1.165, 1.54) is 21.4 Å². The number of unbranched alkanes of at least 4 members (excludes halogenated alkanes) is 5. The fourth-order valence-electron chi connectivity index (χ4n) is 4.37. The molecule has 0 aliphatic rings. The highest BCUT2D eigenvalue weighted by molar-refractivity contribution is 5.81. The van der Waals surface area contributed by atoms with E-state index in [1.54, 1.807) is 27.7 Å². The Hall–Kier alpha value is -3.89. The molecule has 11 heteroatoms. The molecule has 0 atom stereocenters. The number of rotatable bonds is 20. The number of allylic oxidation sites excluding steroid dienone is 1. The Morgan fingerprint density at radius 1 is 0.977 bits per heavy atom. The molecule has 11 nitrogen and oxygen atoms in total. The maximum absolute atomic E-state index is 13.1. The summed E-state index contributed by atoms with van der Waals surface area (Å²) >= 11 is 0. The summed E-state index contributed by atoms with van der Waals surface area (Å²) in [7, 11) is 0. The molecule has 0 aliphatic heterocycles. The highest BCUT2D eigenvalue weighted by atomic mass is 16.6. The topological polar surface area (TPSA) is 131 Å². The zero-order chi connectivity index (χ0) is 31.7. The minimum atomic E-state index is -1.10. The SMILES string of the molecule is CCCCCCCn1c(=O)c(NCCCCc2cccc(OC(C)(C)C(=O)OCC)c2)nn(CC=CC(=O)OCC)c1=O. The van der Waals surface area contributed by atoms with Crippen molar-refractivity contribution in [3.8, 4) is 5.75 Å². The van der Waals surface area contributed by atoms with Gasteiger partial charge in [0, 0.05) is 19.2 Å². The van der Waals surface area contributed by atoms with Gasteiger partial charge in [-0.1, -0.05) is 50.8 Å². The Labute approximate surface area is 254 Å². The number of carbonyl (C=O) groups is 2. The lowest BCUT2D eigenvalue weighted by atomic mass is 10.1. The molecular formula is C32H48N4O7. The average molecular weight is 601 g/mol. The monoisotopic (exact) mass is 600 g/mol. The molecule has 0 radical (unpaired) electrons. The van der Waals surface area contributed by atoms with Crippen LogP contribution in [0.5, 0.6) is 5.75 Å². The number of aromatic nitrogens is 3. The highest BCUT2D eigenvalue weighted by Crippen LogP contribution is 2.22. The van der Waals surface area contributed by atoms with Gasteiger partial charge >= 0.3 is 17.6 Å². The first kappa shape index (κ1) is 35.3. The van der Waals surface area contributed by atoms with Crippen molar-refractivity contribution in [1.82, 2.24) is 14.3 Å². The predicted molar refractivity (Wildman–Crippen MR) is 166 cm³/mol. The summed E-state index contributed by atoms with van der Waals surface area (Å²) in [5, 5.41) is 7.37. The minimum absolute atomic E-state index is 0.0355. The molecular weight excluding hydrogens is 552 g/mol. The van der Waals surface area contributed by atoms with Gasteiger partial charge in [0.05, 0.1) is 19.8 Å². The Bertz CT molecular complexity index is 1310. The van der Waals surface area contributed by atoms with Crippen LogP contribution in [0.25, 0.3) is 0 Å². The fourth-order valence-corrected chi connectivity index (χ4v) is 4.37. The van der Waals surface area contributed by atoms with E-state index < -0.39 is 28.8 Å². The molecule has 0 unspecified atom stereocenters. The van der Waals surface area contributed by atoms with Crippen LogP contribution < -0.4 is 21.3 Å². The number of ether oxygens (including phenoxy) is 3. The van der Waals surface area contributed by atoms with Gasteiger partial charge in [-0.05, 0) is 71.1 Å². The quantitative estimate of drug-likeness (QED) is 0.131. The summed E-state index contributed by atoms with van der Waals surface area (Å²) in [6.07, 6.45) is 10.0. The Kier molecular flexibility index (Phi) is 15.3. The van der Waals surface area contributed by atoms with E-state index in [0.717, 1.165) is 56.9 Å². The van der Waals surface area contributed by atoms with Crippen molar-refractivity contribution in [2.75, 3.05) is 25.1 Å². The zero-order valence-electron chi connectivity index (χ0n) is 26.4. The normalized spacial score (nSPS) is 11.5. The largest absolute Gasteiger partial charge is 0.476 e. The van der Waals surface area contributed by atoms with Gasteiger partial charge in [0.15, 0.2) is 5.60 Å². The summed E-state index contributed by atoms with van der Waals surface area (Å²) in [6, 6.07) is 7.61. The second kappa shape index (κ2) is 18.6. The highest BCUT2D eigenvalue weighted by Gasteiger charge is 2.31. The smallest absolute Gasteiger partial charge is 0.349 e. The number of anilines is 1. The molecule has 1 aromatic carbocycles. The molecule has 0 saturated heterocycles. The Morgan fingerprint density at radius 3 is 2.44 bits per heavy atom. The number of aryl methyl sites for hydroxylation is 1. The summed E-state index contributed by atoms with van der Waals surface area (Å²) in [5.74, 6) is -0.225. The Morgan fingerprint density at radius 2 is 1.72 bits per heavy atom. The molecule has 1 N–H and O–H groups in total. The molecule has 0 spiro atoms. The van der Waals surface area contributed by atoms with Gasteiger partial charge in [0.25, 0.3) is 5.56 Å². The van der Waals surface area contributed by atoms with Crippen molar-refractivity contribution in [1.29, 1.82) is 0 Å². The van der Waals surface area contributed by atoms with Crippen molar-refractivity contribution < 1.29 is 23.8 Å². The molecule has 43 heavy (non-hydrogen) atoms. The third kappa shape index (κ3) is 12.1. The number of nitrogens with one attached hydrogen (secondary N) is 1. The molecule has 0 saturated carbocycles. The summed E-state index contributed by atoms with van der Waals surface area (Å²) < 4.78 is 18.3. The number of nitrogens with zero attached hydrogens (tertiary/aromatic N) is 3. The van der Waals surface area contributed by atoms with Crippen molar-refractivity contribution >= 4 is 17.8 Å². The third-order valence-corrected chi connectivity index (χ3v) is 6.65. The van der Waals surface area contributed by atoms with Crippen LogP contribution in [0.15, 0.2) is 46.0 Å². The van der Waals surface area contributed by atoms with E-state index in [9.17, 15) is 19.2 Å². The van der Waals surface area contributed by atoms with E-state index in [4.69, 9.17) is 14.2 Å². The molecule has 1 heterocycles. The molecule has 0 bridgehead atoms. The van der Waals surface area contributed by atoms with Gasteiger partial charge < -0.3 is 19.5 Å². The second-order valence-corrected chi connectivity index (χ2v) is 10.7. The fraction of sp³-hybridized carbons (Fsp3) is 0.594. The van der Waals surface area contributed by atoms with Gasteiger partial charge in [0.2, 0.25) is 5.82 Å². The van der Waals surface area contributed by atoms with E-state index in [0.29, 0.717) is 18.8 Å². The van der Waals surface area contributed by atoms with E-state index in [1.807, 2.05) is 24.3 Å². The molecule has 2 aromatic rings. The number of carbonyl (C=O) groups excluding carboxylic acids is 2.